The Bertz CT molecular complexity index is 114. The van der Waals surface area contributed by atoms with Crippen molar-refractivity contribution in [2.75, 3.05) is 0 Å². The number of hydrogen-bond donors (Lipinski definition) is 0. The van der Waals surface area contributed by atoms with Gasteiger partial charge >= 0.3 is 0 Å². The fraction of sp³-hybridized carbons (Fsp3) is 0.400. The highest BCUT2D eigenvalue weighted by atomic mass is 79.9. The van der Waals surface area contributed by atoms with Crippen molar-refractivity contribution in [1.82, 2.24) is 0 Å². The Morgan fingerprint density at radius 1 is 1.75 bits per heavy atom. The molecule has 1 nitrogen and oxygen atoms in total. The van der Waals surface area contributed by atoms with Crippen molar-refractivity contribution in [2.24, 2.45) is 0 Å². The number of carbonyl (C=O) groups excluding carboxylic acids is 1. The lowest BCUT2D eigenvalue weighted by atomic mass is 10.7. The van der Waals surface area contributed by atoms with Gasteiger partial charge in [0, 0.05) is 0 Å². The molecular formula is C5H9BrOSi. The Labute approximate surface area is 58.4 Å². The summed E-state index contributed by atoms with van der Waals surface area (Å²) in [5, 5.41) is 0.150. The smallest absolute Gasteiger partial charge is 0.204 e. The second-order valence-electron chi connectivity index (χ2n) is 2.04. The van der Waals surface area contributed by atoms with Crippen LogP contribution in [-0.2, 0) is 4.79 Å². The van der Waals surface area contributed by atoms with Crippen LogP contribution in [0.15, 0.2) is 12.7 Å². The average molecular weight is 193 g/mol. The van der Waals surface area contributed by atoms with Crippen LogP contribution in [0.4, 0.5) is 0 Å². The summed E-state index contributed by atoms with van der Waals surface area (Å²) in [5.74, 6) is 0. The molecule has 8 heavy (non-hydrogen) atoms. The second kappa shape index (κ2) is 2.59. The summed E-state index contributed by atoms with van der Waals surface area (Å²) < 4.78 is 0. The zero-order valence-corrected chi connectivity index (χ0v) is 7.66. The molecule has 0 aliphatic carbocycles. The van der Waals surface area contributed by atoms with Gasteiger partial charge in [0.25, 0.3) is 0 Å². The summed E-state index contributed by atoms with van der Waals surface area (Å²) >= 11 is 3.32. The van der Waals surface area contributed by atoms with Crippen molar-refractivity contribution in [3.63, 3.8) is 0 Å². The van der Waals surface area contributed by atoms with E-state index >= 15 is 0 Å². The maximum absolute atomic E-state index is 10.7. The lowest BCUT2D eigenvalue weighted by Gasteiger charge is -2.05. The second-order valence-corrected chi connectivity index (χ2v) is 11.4. The van der Waals surface area contributed by atoms with E-state index in [4.69, 9.17) is 0 Å². The van der Waals surface area contributed by atoms with E-state index in [0.29, 0.717) is 0 Å². The first-order valence-electron chi connectivity index (χ1n) is 2.34. The fourth-order valence-electron chi connectivity index (χ4n) is 0.243. The van der Waals surface area contributed by atoms with Crippen LogP contribution in [0.25, 0.3) is 0 Å². The SMILES string of the molecule is C=CC(=O)[Si](C)(C)Br. The molecule has 46 valence electrons. The van der Waals surface area contributed by atoms with Crippen molar-refractivity contribution in [3.8, 4) is 0 Å². The monoisotopic (exact) mass is 192 g/mol. The molecule has 0 saturated heterocycles. The molecule has 0 aliphatic heterocycles. The molecule has 0 amide bonds. The van der Waals surface area contributed by atoms with E-state index in [2.05, 4.69) is 21.9 Å². The Kier molecular flexibility index (Phi) is 2.63. The molecule has 0 spiro atoms. The van der Waals surface area contributed by atoms with Crippen LogP contribution in [0, 0.1) is 0 Å². The quantitative estimate of drug-likeness (QED) is 0.371. The van der Waals surface area contributed by atoms with E-state index in [-0.39, 0.29) is 5.41 Å². The standard InChI is InChI=1S/C5H9BrOSi/c1-4-5(7)8(2,3)6/h4H,1H2,2-3H3. The number of rotatable bonds is 2. The highest BCUT2D eigenvalue weighted by Gasteiger charge is 2.23. The van der Waals surface area contributed by atoms with E-state index in [0.717, 1.165) is 0 Å². The third kappa shape index (κ3) is 2.42. The van der Waals surface area contributed by atoms with Crippen LogP contribution in [0.2, 0.25) is 13.1 Å². The van der Waals surface area contributed by atoms with Gasteiger partial charge in [-0.1, -0.05) is 19.7 Å². The molecule has 0 N–H and O–H groups in total. The topological polar surface area (TPSA) is 17.1 Å². The first-order chi connectivity index (χ1) is 3.48. The van der Waals surface area contributed by atoms with Crippen LogP contribution >= 0.6 is 15.3 Å². The zero-order chi connectivity index (χ0) is 6.78. The summed E-state index contributed by atoms with van der Waals surface area (Å²) in [6.45, 7) is 5.53. The van der Waals surface area contributed by atoms with Crippen molar-refractivity contribution in [3.05, 3.63) is 12.7 Å². The number of allylic oxidation sites excluding steroid dienone is 1. The van der Waals surface area contributed by atoms with Gasteiger partial charge in [0.2, 0.25) is 6.69 Å². The van der Waals surface area contributed by atoms with Crippen molar-refractivity contribution < 1.29 is 4.79 Å². The largest absolute Gasteiger partial charge is 0.300 e. The predicted molar refractivity (Wildman–Crippen MR) is 41.6 cm³/mol. The molecule has 0 aromatic rings. The molecule has 0 unspecified atom stereocenters. The number of carbonyl (C=O) groups is 1. The molecule has 0 bridgehead atoms. The van der Waals surface area contributed by atoms with Gasteiger partial charge in [-0.2, -0.15) is 0 Å². The molecule has 3 heteroatoms. The van der Waals surface area contributed by atoms with Crippen LogP contribution in [0.5, 0.6) is 0 Å². The van der Waals surface area contributed by atoms with Gasteiger partial charge in [-0.05, 0) is 6.08 Å². The number of hydrogen-bond acceptors (Lipinski definition) is 1. The van der Waals surface area contributed by atoms with Crippen molar-refractivity contribution in [1.29, 1.82) is 0 Å². The van der Waals surface area contributed by atoms with E-state index in [1.807, 2.05) is 13.1 Å². The van der Waals surface area contributed by atoms with E-state index in [1.54, 1.807) is 0 Å². The van der Waals surface area contributed by atoms with Crippen molar-refractivity contribution in [2.45, 2.75) is 13.1 Å². The minimum atomic E-state index is -1.71. The lowest BCUT2D eigenvalue weighted by Crippen LogP contribution is -2.27. The molecule has 0 aromatic heterocycles. The molecule has 0 fully saturated rings. The van der Waals surface area contributed by atoms with E-state index in [9.17, 15) is 4.79 Å². The molecule has 0 radical (unpaired) electrons. The lowest BCUT2D eigenvalue weighted by molar-refractivity contribution is -0.108. The average Bonchev–Trinajstić information content (AvgIpc) is 1.62. The predicted octanol–water partition coefficient (Wildman–Crippen LogP) is 1.88. The highest BCUT2D eigenvalue weighted by molar-refractivity contribution is 9.27. The van der Waals surface area contributed by atoms with Crippen LogP contribution < -0.4 is 0 Å². The minimum Gasteiger partial charge on any atom is -0.300 e. The van der Waals surface area contributed by atoms with Gasteiger partial charge in [0.1, 0.15) is 5.41 Å². The molecular weight excluding hydrogens is 184 g/mol. The van der Waals surface area contributed by atoms with Gasteiger partial charge in [0.05, 0.1) is 0 Å². The normalized spacial score (nSPS) is 10.9. The maximum atomic E-state index is 10.7. The van der Waals surface area contributed by atoms with E-state index < -0.39 is 6.69 Å². The van der Waals surface area contributed by atoms with Gasteiger partial charge in [0.15, 0.2) is 0 Å². The Hall–Kier alpha value is 0.107. The van der Waals surface area contributed by atoms with Crippen LogP contribution in [0.3, 0.4) is 0 Å². The molecule has 0 atom stereocenters. The Morgan fingerprint density at radius 2 is 2.12 bits per heavy atom. The summed E-state index contributed by atoms with van der Waals surface area (Å²) in [4.78, 5) is 10.7. The van der Waals surface area contributed by atoms with Gasteiger partial charge in [-0.15, -0.1) is 15.3 Å². The van der Waals surface area contributed by atoms with Gasteiger partial charge in [-0.3, -0.25) is 4.79 Å². The van der Waals surface area contributed by atoms with Gasteiger partial charge in [-0.25, -0.2) is 0 Å². The van der Waals surface area contributed by atoms with Crippen LogP contribution in [-0.4, -0.2) is 12.1 Å². The minimum absolute atomic E-state index is 0.150. The van der Waals surface area contributed by atoms with Crippen molar-refractivity contribution >= 4 is 27.4 Å². The van der Waals surface area contributed by atoms with E-state index in [1.165, 1.54) is 6.08 Å². The number of halogens is 1. The first-order valence-corrected chi connectivity index (χ1v) is 7.60. The zero-order valence-electron chi connectivity index (χ0n) is 5.07. The summed E-state index contributed by atoms with van der Waals surface area (Å²) in [5.41, 5.74) is 0. The van der Waals surface area contributed by atoms with Crippen LogP contribution in [0.1, 0.15) is 0 Å². The molecule has 0 aromatic carbocycles. The summed E-state index contributed by atoms with van der Waals surface area (Å²) in [6.07, 6.45) is 1.38. The third-order valence-corrected chi connectivity index (χ3v) is 3.32. The first kappa shape index (κ1) is 8.11. The Balaban J connectivity index is 4.02. The molecule has 0 rings (SSSR count). The maximum Gasteiger partial charge on any atom is 0.204 e. The fourth-order valence-corrected chi connectivity index (χ4v) is 1.21. The summed E-state index contributed by atoms with van der Waals surface area (Å²) in [6, 6.07) is 0. The highest BCUT2D eigenvalue weighted by Crippen LogP contribution is 2.11. The third-order valence-electron chi connectivity index (χ3n) is 0.771. The molecule has 0 heterocycles. The molecule has 0 saturated carbocycles. The summed E-state index contributed by atoms with van der Waals surface area (Å²) in [7, 11) is 0. The van der Waals surface area contributed by atoms with Gasteiger partial charge < -0.3 is 0 Å². The Morgan fingerprint density at radius 3 is 2.12 bits per heavy atom. The molecule has 0 aliphatic rings.